The maximum absolute atomic E-state index is 6.34. The zero-order chi connectivity index (χ0) is 32.2. The van der Waals surface area contributed by atoms with Gasteiger partial charge in [-0.2, -0.15) is 4.58 Å². The maximum atomic E-state index is 6.34. The molecular formula is C39H47B3N2+. The van der Waals surface area contributed by atoms with E-state index < -0.39 is 0 Å². The van der Waals surface area contributed by atoms with E-state index in [-0.39, 0.29) is 6.60 Å². The van der Waals surface area contributed by atoms with Crippen LogP contribution in [0.1, 0.15) is 75.4 Å². The number of nitrogens with zero attached hydrogens (tertiary/aromatic N) is 2. The van der Waals surface area contributed by atoms with Crippen LogP contribution in [0.3, 0.4) is 0 Å². The second kappa shape index (κ2) is 12.2. The van der Waals surface area contributed by atoms with E-state index in [0.717, 1.165) is 31.2 Å². The Kier molecular flexibility index (Phi) is 8.85. The Bertz CT molecular complexity index is 1810. The number of benzene rings is 2. The van der Waals surface area contributed by atoms with Crippen LogP contribution in [0, 0.1) is 55.4 Å². The van der Waals surface area contributed by atoms with E-state index in [1.165, 1.54) is 95.0 Å². The Hall–Kier alpha value is -3.42. The lowest BCUT2D eigenvalue weighted by Crippen LogP contribution is -2.28. The zero-order valence-corrected chi connectivity index (χ0v) is 29.0. The van der Waals surface area contributed by atoms with Gasteiger partial charge in [0, 0.05) is 56.9 Å². The van der Waals surface area contributed by atoms with Crippen LogP contribution in [0.25, 0.3) is 0 Å². The summed E-state index contributed by atoms with van der Waals surface area (Å²) in [5.74, 6) is 0. The van der Waals surface area contributed by atoms with Crippen molar-refractivity contribution in [3.8, 4) is 0 Å². The molecule has 0 spiro atoms. The normalized spacial score (nSPS) is 18.7. The number of hydrogen-bond acceptors (Lipinski definition) is 1. The second-order valence-corrected chi connectivity index (χ2v) is 13.3. The van der Waals surface area contributed by atoms with Gasteiger partial charge in [-0.05, 0) is 131 Å². The summed E-state index contributed by atoms with van der Waals surface area (Å²) in [5.41, 5.74) is 28.0. The van der Waals surface area contributed by atoms with Crippen molar-refractivity contribution in [2.24, 2.45) is 0 Å². The Balaban J connectivity index is 1.55. The molecule has 0 saturated heterocycles. The van der Waals surface area contributed by atoms with Crippen LogP contribution in [0.4, 0.5) is 11.4 Å². The molecule has 0 N–H and O–H groups in total. The van der Waals surface area contributed by atoms with Gasteiger partial charge in [-0.1, -0.05) is 35.2 Å². The van der Waals surface area contributed by atoms with Gasteiger partial charge in [-0.15, -0.1) is 5.73 Å². The van der Waals surface area contributed by atoms with Crippen molar-refractivity contribution < 1.29 is 4.58 Å². The summed E-state index contributed by atoms with van der Waals surface area (Å²) in [4.78, 5) is 2.38. The molecule has 0 aliphatic carbocycles. The Morgan fingerprint density at radius 2 is 1.45 bits per heavy atom. The first-order valence-corrected chi connectivity index (χ1v) is 16.1. The van der Waals surface area contributed by atoms with E-state index in [0.29, 0.717) is 0 Å². The third-order valence-electron chi connectivity index (χ3n) is 11.4. The molecule has 2 aromatic rings. The summed E-state index contributed by atoms with van der Waals surface area (Å²) in [6, 6.07) is 0. The average molecular weight is 576 g/mol. The number of hydrogen-bond donors (Lipinski definition) is 0. The molecule has 3 radical (unpaired) electrons. The summed E-state index contributed by atoms with van der Waals surface area (Å²) in [7, 11) is 12.6. The van der Waals surface area contributed by atoms with Crippen molar-refractivity contribution in [1.82, 2.24) is 0 Å². The van der Waals surface area contributed by atoms with Crippen LogP contribution in [-0.2, 0) is 12.8 Å². The number of likely N-dealkylation sites (N-methyl/N-ethyl adjacent to an activating group) is 1. The summed E-state index contributed by atoms with van der Waals surface area (Å²) < 4.78 is 2.42. The molecule has 0 atom stereocenters. The summed E-state index contributed by atoms with van der Waals surface area (Å²) >= 11 is 0. The molecule has 0 aromatic heterocycles. The van der Waals surface area contributed by atoms with Crippen LogP contribution in [0.2, 0.25) is 0 Å². The largest absolute Gasteiger partial charge is 0.347 e. The highest BCUT2D eigenvalue weighted by atomic mass is 15.1. The molecule has 0 bridgehead atoms. The quantitative estimate of drug-likeness (QED) is 0.202. The van der Waals surface area contributed by atoms with Crippen molar-refractivity contribution in [2.75, 3.05) is 19.0 Å². The summed E-state index contributed by atoms with van der Waals surface area (Å²) in [6.45, 7) is 24.4. The predicted octanol–water partition coefficient (Wildman–Crippen LogP) is 8.16. The van der Waals surface area contributed by atoms with Crippen LogP contribution in [-0.4, -0.2) is 45.8 Å². The first-order valence-electron chi connectivity index (χ1n) is 16.1. The lowest BCUT2D eigenvalue weighted by atomic mass is 9.09. The van der Waals surface area contributed by atoms with Crippen LogP contribution in [0.5, 0.6) is 0 Å². The molecular weight excluding hydrogens is 529 g/mol. The Morgan fingerprint density at radius 3 is 2.09 bits per heavy atom. The zero-order valence-electron chi connectivity index (χ0n) is 29.0. The SMILES string of the molecule is [B][B]B1C(=C=C)CC/C(=C\C2=[N+](C)c3c(C)c(C)c(C)c(C)c3C2)C(C)=C1/C=C/C=C1\Cc2c(C)c(C)c(C)c(C)c2N1C. The molecule has 221 valence electrons. The van der Waals surface area contributed by atoms with Gasteiger partial charge in [0.05, 0.1) is 6.42 Å². The number of rotatable bonds is 4. The van der Waals surface area contributed by atoms with Crippen molar-refractivity contribution >= 4 is 38.5 Å². The van der Waals surface area contributed by atoms with Gasteiger partial charge in [0.1, 0.15) is 7.05 Å². The Morgan fingerprint density at radius 1 is 0.841 bits per heavy atom. The van der Waals surface area contributed by atoms with Gasteiger partial charge in [0.15, 0.2) is 12.3 Å². The molecule has 2 nitrogen and oxygen atoms in total. The molecule has 0 amide bonds. The van der Waals surface area contributed by atoms with Gasteiger partial charge in [0.25, 0.3) is 0 Å². The van der Waals surface area contributed by atoms with Crippen molar-refractivity contribution in [3.05, 3.63) is 120 Å². The first kappa shape index (κ1) is 32.0. The van der Waals surface area contributed by atoms with E-state index >= 15 is 0 Å². The summed E-state index contributed by atoms with van der Waals surface area (Å²) in [6.07, 6.45) is 13.0. The van der Waals surface area contributed by atoms with E-state index in [9.17, 15) is 0 Å². The van der Waals surface area contributed by atoms with Crippen LogP contribution in [0.15, 0.2) is 64.4 Å². The topological polar surface area (TPSA) is 6.25 Å². The van der Waals surface area contributed by atoms with Crippen LogP contribution < -0.4 is 4.90 Å². The minimum absolute atomic E-state index is 0.000337. The molecule has 3 aliphatic rings. The van der Waals surface area contributed by atoms with Gasteiger partial charge in [-0.25, -0.2) is 0 Å². The molecule has 0 fully saturated rings. The van der Waals surface area contributed by atoms with Gasteiger partial charge in [-0.3, -0.25) is 0 Å². The van der Waals surface area contributed by atoms with Crippen molar-refractivity contribution in [1.29, 1.82) is 0 Å². The van der Waals surface area contributed by atoms with E-state index in [1.54, 1.807) is 0 Å². The fourth-order valence-electron chi connectivity index (χ4n) is 7.80. The molecule has 3 aliphatic heterocycles. The highest BCUT2D eigenvalue weighted by Crippen LogP contribution is 2.42. The fourth-order valence-corrected chi connectivity index (χ4v) is 7.80. The predicted molar refractivity (Wildman–Crippen MR) is 195 cm³/mol. The lowest BCUT2D eigenvalue weighted by molar-refractivity contribution is -0.401. The first-order chi connectivity index (χ1) is 20.8. The van der Waals surface area contributed by atoms with Crippen molar-refractivity contribution in [2.45, 2.75) is 88.0 Å². The van der Waals surface area contributed by atoms with E-state index in [2.05, 4.69) is 122 Å². The number of anilines is 1. The molecule has 0 saturated carbocycles. The minimum Gasteiger partial charge on any atom is -0.347 e. The molecule has 5 rings (SSSR count). The van der Waals surface area contributed by atoms with Gasteiger partial charge < -0.3 is 4.90 Å². The third kappa shape index (κ3) is 5.08. The molecule has 0 unspecified atom stereocenters. The average Bonchev–Trinajstić information content (AvgIpc) is 3.48. The smallest absolute Gasteiger partial charge is 0.212 e. The molecule has 5 heteroatoms. The minimum atomic E-state index is -0.000337. The van der Waals surface area contributed by atoms with E-state index in [1.807, 2.05) is 7.06 Å². The lowest BCUT2D eigenvalue weighted by Gasteiger charge is -2.20. The highest BCUT2D eigenvalue weighted by molar-refractivity contribution is 7.36. The fraction of sp³-hybridized carbons (Fsp3) is 0.385. The third-order valence-corrected chi connectivity index (χ3v) is 11.4. The van der Waals surface area contributed by atoms with E-state index in [4.69, 9.17) is 7.74 Å². The Labute approximate surface area is 269 Å². The van der Waals surface area contributed by atoms with Crippen molar-refractivity contribution in [3.63, 3.8) is 0 Å². The monoisotopic (exact) mass is 576 g/mol. The molecule has 3 heterocycles. The summed E-state index contributed by atoms with van der Waals surface area (Å²) in [5, 5.41) is 0. The van der Waals surface area contributed by atoms with Crippen LogP contribution >= 0.6 is 0 Å². The standard InChI is InChI=1S/C39H47B3N2/c1-13-32-18-17-31(19-34-21-36-27(7)23(3)25(5)29(9)39(36)44(34)12)30(10)37(42(32)41-40)16-14-15-33-20-35-26(6)22(2)24(4)28(8)38(35)43(33)11/h14-16,19H,1,17-18,20-21H2,2-12H3/q+1. The van der Waals surface area contributed by atoms with Gasteiger partial charge in [0.2, 0.25) is 5.69 Å². The highest BCUT2D eigenvalue weighted by Gasteiger charge is 2.33. The maximum Gasteiger partial charge on any atom is 0.212 e. The number of fused-ring (bicyclic) bond motifs is 2. The number of allylic oxidation sites excluding steroid dienone is 9. The van der Waals surface area contributed by atoms with Gasteiger partial charge >= 0.3 is 0 Å². The molecule has 2 aromatic carbocycles. The molecule has 44 heavy (non-hydrogen) atoms. The second-order valence-electron chi connectivity index (χ2n) is 13.3.